The maximum absolute atomic E-state index is 13.7. The second-order valence-corrected chi connectivity index (χ2v) is 7.96. The number of para-hydroxylation sites is 1. The molecule has 2 heterocycles. The van der Waals surface area contributed by atoms with Crippen LogP contribution in [0.25, 0.3) is 0 Å². The Bertz CT molecular complexity index is 1300. The SMILES string of the molecule is CCCC/C(=N\NC(=O)OCC)c1c2c(c(C)n(NC(=O)OCC)c1=O)C(=O)N(c1ccccc1)C2=O. The van der Waals surface area contributed by atoms with Gasteiger partial charge in [-0.25, -0.2) is 30.0 Å². The summed E-state index contributed by atoms with van der Waals surface area (Å²) in [6.07, 6.45) is -0.308. The van der Waals surface area contributed by atoms with Crippen molar-refractivity contribution >= 4 is 35.4 Å². The van der Waals surface area contributed by atoms with E-state index in [4.69, 9.17) is 9.47 Å². The monoisotopic (exact) mass is 511 g/mol. The highest BCUT2D eigenvalue weighted by Gasteiger charge is 2.43. The van der Waals surface area contributed by atoms with E-state index < -0.39 is 29.6 Å². The van der Waals surface area contributed by atoms with E-state index in [1.165, 1.54) is 6.92 Å². The van der Waals surface area contributed by atoms with Crippen LogP contribution in [0, 0.1) is 6.92 Å². The largest absolute Gasteiger partial charge is 0.449 e. The van der Waals surface area contributed by atoms with Gasteiger partial charge in [-0.3, -0.25) is 14.4 Å². The molecule has 0 radical (unpaired) electrons. The van der Waals surface area contributed by atoms with Crippen LogP contribution in [0.3, 0.4) is 0 Å². The number of amides is 4. The number of nitrogens with one attached hydrogen (secondary N) is 2. The number of aromatic nitrogens is 1. The highest BCUT2D eigenvalue weighted by molar-refractivity contribution is 6.37. The van der Waals surface area contributed by atoms with Crippen LogP contribution in [-0.2, 0) is 9.47 Å². The number of hydrogen-bond donors (Lipinski definition) is 2. The van der Waals surface area contributed by atoms with Gasteiger partial charge in [0.1, 0.15) is 0 Å². The van der Waals surface area contributed by atoms with Gasteiger partial charge >= 0.3 is 12.2 Å². The Morgan fingerprint density at radius 3 is 2.16 bits per heavy atom. The predicted octanol–water partition coefficient (Wildman–Crippen LogP) is 3.30. The number of carbonyl (C=O) groups is 4. The fourth-order valence-corrected chi connectivity index (χ4v) is 3.91. The predicted molar refractivity (Wildman–Crippen MR) is 136 cm³/mol. The summed E-state index contributed by atoms with van der Waals surface area (Å²) >= 11 is 0. The van der Waals surface area contributed by atoms with Crippen LogP contribution >= 0.6 is 0 Å². The molecule has 0 saturated heterocycles. The van der Waals surface area contributed by atoms with Crippen molar-refractivity contribution in [3.8, 4) is 0 Å². The molecule has 2 aromatic rings. The van der Waals surface area contributed by atoms with E-state index in [2.05, 4.69) is 16.0 Å². The molecule has 0 fully saturated rings. The van der Waals surface area contributed by atoms with Crippen molar-refractivity contribution in [3.05, 3.63) is 63.1 Å². The minimum Gasteiger partial charge on any atom is -0.449 e. The Hall–Kier alpha value is -4.48. The number of fused-ring (bicyclic) bond motifs is 1. The van der Waals surface area contributed by atoms with Gasteiger partial charge in [-0.2, -0.15) is 5.10 Å². The summed E-state index contributed by atoms with van der Waals surface area (Å²) in [6, 6.07) is 8.27. The van der Waals surface area contributed by atoms with E-state index >= 15 is 0 Å². The maximum Gasteiger partial charge on any atom is 0.427 e. The molecule has 0 saturated carbocycles. The molecule has 1 aliphatic heterocycles. The lowest BCUT2D eigenvalue weighted by Gasteiger charge is -2.17. The first kappa shape index (κ1) is 27.1. The van der Waals surface area contributed by atoms with Crippen LogP contribution in [0.5, 0.6) is 0 Å². The molecular formula is C25H29N5O7. The quantitative estimate of drug-likeness (QED) is 0.298. The van der Waals surface area contributed by atoms with Crippen LogP contribution < -0.4 is 21.3 Å². The smallest absolute Gasteiger partial charge is 0.427 e. The summed E-state index contributed by atoms with van der Waals surface area (Å²) < 4.78 is 10.6. The summed E-state index contributed by atoms with van der Waals surface area (Å²) in [5.74, 6) is -1.39. The van der Waals surface area contributed by atoms with Gasteiger partial charge in [-0.1, -0.05) is 31.5 Å². The van der Waals surface area contributed by atoms with Crippen molar-refractivity contribution in [1.82, 2.24) is 10.1 Å². The highest BCUT2D eigenvalue weighted by atomic mass is 16.6. The number of anilines is 1. The highest BCUT2D eigenvalue weighted by Crippen LogP contribution is 2.32. The zero-order chi connectivity index (χ0) is 27.1. The number of unbranched alkanes of at least 4 members (excludes halogenated alkanes) is 1. The summed E-state index contributed by atoms with van der Waals surface area (Å²) in [7, 11) is 0. The maximum atomic E-state index is 13.7. The molecule has 12 heteroatoms. The Balaban J connectivity index is 2.29. The van der Waals surface area contributed by atoms with Gasteiger partial charge < -0.3 is 9.47 Å². The standard InChI is InChI=1S/C25H29N5O7/c1-5-8-14-17(26-27-24(34)36-6-2)19-20-18(15(4)30(23(19)33)28-25(35)37-7-3)21(31)29(22(20)32)16-12-10-9-11-13-16/h9-13H,5-8,14H2,1-4H3,(H,27,34)(H,28,35)/b26-17+. The first-order chi connectivity index (χ1) is 17.8. The van der Waals surface area contributed by atoms with Crippen molar-refractivity contribution in [2.24, 2.45) is 5.10 Å². The second-order valence-electron chi connectivity index (χ2n) is 7.96. The molecule has 1 aromatic carbocycles. The van der Waals surface area contributed by atoms with Crippen LogP contribution in [0.1, 0.15) is 72.0 Å². The Kier molecular flexibility index (Phi) is 8.77. The lowest BCUT2D eigenvalue weighted by atomic mass is 9.96. The molecule has 1 aromatic heterocycles. The molecule has 12 nitrogen and oxygen atoms in total. The van der Waals surface area contributed by atoms with Crippen LogP contribution in [-0.4, -0.2) is 47.6 Å². The second kappa shape index (κ2) is 12.0. The molecule has 3 rings (SSSR count). The minimum atomic E-state index is -0.924. The average Bonchev–Trinajstić information content (AvgIpc) is 3.13. The van der Waals surface area contributed by atoms with E-state index in [-0.39, 0.29) is 47.7 Å². The average molecular weight is 512 g/mol. The zero-order valence-corrected chi connectivity index (χ0v) is 21.1. The van der Waals surface area contributed by atoms with Gasteiger partial charge in [0.05, 0.1) is 47.0 Å². The molecule has 37 heavy (non-hydrogen) atoms. The van der Waals surface area contributed by atoms with Gasteiger partial charge in [0.25, 0.3) is 17.4 Å². The van der Waals surface area contributed by atoms with Crippen molar-refractivity contribution in [1.29, 1.82) is 0 Å². The van der Waals surface area contributed by atoms with Crippen molar-refractivity contribution in [2.45, 2.75) is 47.0 Å². The Morgan fingerprint density at radius 1 is 0.919 bits per heavy atom. The van der Waals surface area contributed by atoms with Gasteiger partial charge in [0.2, 0.25) is 0 Å². The molecule has 2 N–H and O–H groups in total. The third-order valence-corrected chi connectivity index (χ3v) is 5.55. The number of benzene rings is 1. The van der Waals surface area contributed by atoms with Crippen LogP contribution in [0.2, 0.25) is 0 Å². The number of ether oxygens (including phenoxy) is 2. The van der Waals surface area contributed by atoms with E-state index in [9.17, 15) is 24.0 Å². The number of nitrogens with zero attached hydrogens (tertiary/aromatic N) is 3. The molecule has 4 amide bonds. The van der Waals surface area contributed by atoms with E-state index in [0.29, 0.717) is 18.5 Å². The summed E-state index contributed by atoms with van der Waals surface area (Å²) in [5.41, 5.74) is 3.74. The Morgan fingerprint density at radius 2 is 1.54 bits per heavy atom. The first-order valence-corrected chi connectivity index (χ1v) is 11.9. The van der Waals surface area contributed by atoms with Gasteiger partial charge in [0, 0.05) is 0 Å². The Labute approximate surface area is 213 Å². The molecule has 0 spiro atoms. The van der Waals surface area contributed by atoms with Gasteiger partial charge in [0.15, 0.2) is 0 Å². The number of rotatable bonds is 9. The molecular weight excluding hydrogens is 482 g/mol. The van der Waals surface area contributed by atoms with Crippen molar-refractivity contribution < 1.29 is 28.7 Å². The summed E-state index contributed by atoms with van der Waals surface area (Å²) in [6.45, 7) is 6.72. The molecule has 0 bridgehead atoms. The number of imide groups is 1. The summed E-state index contributed by atoms with van der Waals surface area (Å²) in [5, 5.41) is 4.08. The minimum absolute atomic E-state index is 0.0433. The number of hydrazone groups is 1. The number of carbonyl (C=O) groups excluding carboxylic acids is 4. The third kappa shape index (κ3) is 5.52. The topological polar surface area (TPSA) is 148 Å². The van der Waals surface area contributed by atoms with Crippen LogP contribution in [0.4, 0.5) is 15.3 Å². The molecule has 0 aliphatic carbocycles. The zero-order valence-electron chi connectivity index (χ0n) is 21.1. The third-order valence-electron chi connectivity index (χ3n) is 5.55. The lowest BCUT2D eigenvalue weighted by molar-refractivity contribution is 0.0925. The number of hydrogen-bond acceptors (Lipinski definition) is 8. The fraction of sp³-hybridized carbons (Fsp3) is 0.360. The lowest BCUT2D eigenvalue weighted by Crippen LogP contribution is -2.40. The molecule has 0 atom stereocenters. The van der Waals surface area contributed by atoms with E-state index in [1.807, 2.05) is 6.92 Å². The van der Waals surface area contributed by atoms with Crippen LogP contribution in [0.15, 0.2) is 40.2 Å². The number of pyridine rings is 1. The molecule has 1 aliphatic rings. The molecule has 0 unspecified atom stereocenters. The van der Waals surface area contributed by atoms with Crippen molar-refractivity contribution in [3.63, 3.8) is 0 Å². The molecule has 196 valence electrons. The fourth-order valence-electron chi connectivity index (χ4n) is 3.91. The van der Waals surface area contributed by atoms with Gasteiger partial charge in [-0.15, -0.1) is 0 Å². The first-order valence-electron chi connectivity index (χ1n) is 11.9. The van der Waals surface area contributed by atoms with E-state index in [1.54, 1.807) is 44.2 Å². The van der Waals surface area contributed by atoms with E-state index in [0.717, 1.165) is 9.58 Å². The normalized spacial score (nSPS) is 12.9. The van der Waals surface area contributed by atoms with Crippen molar-refractivity contribution in [2.75, 3.05) is 23.5 Å². The summed E-state index contributed by atoms with van der Waals surface area (Å²) in [4.78, 5) is 66.1. The van der Waals surface area contributed by atoms with Gasteiger partial charge in [-0.05, 0) is 45.7 Å².